The number of aliphatic hydroxyl groups excluding tert-OH is 1. The quantitative estimate of drug-likeness (QED) is 0.766. The molecule has 0 saturated carbocycles. The molecule has 1 aliphatic heterocycles. The summed E-state index contributed by atoms with van der Waals surface area (Å²) in [5.74, 6) is 2.70. The highest BCUT2D eigenvalue weighted by molar-refractivity contribution is 5.16. The average Bonchev–Trinajstić information content (AvgIpc) is 2.50. The lowest BCUT2D eigenvalue weighted by Crippen LogP contribution is -2.48. The van der Waals surface area contributed by atoms with Crippen LogP contribution in [0, 0.1) is 12.3 Å². The zero-order chi connectivity index (χ0) is 14.2. The number of piperidine rings is 1. The van der Waals surface area contributed by atoms with Crippen LogP contribution in [0.25, 0.3) is 0 Å². The SMILES string of the molecule is C#CCN1CCC(N[C@@H](CO)Cc2ccccc2)CC1. The molecule has 0 radical (unpaired) electrons. The van der Waals surface area contributed by atoms with E-state index in [9.17, 15) is 5.11 Å². The summed E-state index contributed by atoms with van der Waals surface area (Å²) in [5.41, 5.74) is 1.27. The van der Waals surface area contributed by atoms with Crippen molar-refractivity contribution in [2.45, 2.75) is 31.3 Å². The van der Waals surface area contributed by atoms with Crippen LogP contribution < -0.4 is 5.32 Å². The second kappa shape index (κ2) is 8.06. The normalized spacial score (nSPS) is 18.6. The number of nitrogens with zero attached hydrogens (tertiary/aromatic N) is 1. The van der Waals surface area contributed by atoms with Crippen molar-refractivity contribution in [1.82, 2.24) is 10.2 Å². The maximum atomic E-state index is 9.55. The molecule has 1 aromatic rings. The molecular formula is C17H24N2O. The molecule has 0 bridgehead atoms. The van der Waals surface area contributed by atoms with E-state index in [0.29, 0.717) is 6.04 Å². The monoisotopic (exact) mass is 272 g/mol. The molecule has 2 rings (SSSR count). The van der Waals surface area contributed by atoms with Crippen LogP contribution in [0.2, 0.25) is 0 Å². The summed E-state index contributed by atoms with van der Waals surface area (Å²) in [5, 5.41) is 13.1. The summed E-state index contributed by atoms with van der Waals surface area (Å²) in [7, 11) is 0. The molecular weight excluding hydrogens is 248 g/mol. The molecule has 1 atom stereocenters. The van der Waals surface area contributed by atoms with Gasteiger partial charge in [0.1, 0.15) is 0 Å². The van der Waals surface area contributed by atoms with Gasteiger partial charge in [0.15, 0.2) is 0 Å². The van der Waals surface area contributed by atoms with Gasteiger partial charge in [-0.25, -0.2) is 0 Å². The molecule has 0 spiro atoms. The third-order valence-electron chi connectivity index (χ3n) is 3.92. The summed E-state index contributed by atoms with van der Waals surface area (Å²) < 4.78 is 0. The van der Waals surface area contributed by atoms with E-state index in [1.807, 2.05) is 18.2 Å². The largest absolute Gasteiger partial charge is 0.395 e. The van der Waals surface area contributed by atoms with Crippen LogP contribution in [0.5, 0.6) is 0 Å². The standard InChI is InChI=1S/C17H24N2O/c1-2-10-19-11-8-16(9-12-19)18-17(14-20)13-15-6-4-3-5-7-15/h1,3-7,16-18,20H,8-14H2/t17-/m1/s1. The van der Waals surface area contributed by atoms with Gasteiger partial charge in [0.2, 0.25) is 0 Å². The Labute approximate surface area is 122 Å². The molecule has 108 valence electrons. The van der Waals surface area contributed by atoms with Crippen molar-refractivity contribution in [3.05, 3.63) is 35.9 Å². The van der Waals surface area contributed by atoms with Gasteiger partial charge in [0.25, 0.3) is 0 Å². The maximum Gasteiger partial charge on any atom is 0.0598 e. The van der Waals surface area contributed by atoms with E-state index in [0.717, 1.165) is 38.9 Å². The molecule has 0 amide bonds. The molecule has 1 aliphatic rings. The Hall–Kier alpha value is -1.34. The molecule has 0 aromatic heterocycles. The third kappa shape index (κ3) is 4.64. The van der Waals surface area contributed by atoms with Gasteiger partial charge < -0.3 is 10.4 Å². The number of likely N-dealkylation sites (tertiary alicyclic amines) is 1. The number of rotatable bonds is 6. The second-order valence-corrected chi connectivity index (χ2v) is 5.49. The number of hydrogen-bond acceptors (Lipinski definition) is 3. The van der Waals surface area contributed by atoms with Crippen molar-refractivity contribution in [2.24, 2.45) is 0 Å². The molecule has 20 heavy (non-hydrogen) atoms. The van der Waals surface area contributed by atoms with Gasteiger partial charge in [0.05, 0.1) is 13.2 Å². The first-order chi connectivity index (χ1) is 9.81. The van der Waals surface area contributed by atoms with E-state index >= 15 is 0 Å². The van der Waals surface area contributed by atoms with Gasteiger partial charge in [-0.15, -0.1) is 6.42 Å². The minimum Gasteiger partial charge on any atom is -0.395 e. The minimum atomic E-state index is 0.140. The molecule has 3 nitrogen and oxygen atoms in total. The van der Waals surface area contributed by atoms with E-state index in [1.165, 1.54) is 5.56 Å². The smallest absolute Gasteiger partial charge is 0.0598 e. The number of nitrogens with one attached hydrogen (secondary N) is 1. The van der Waals surface area contributed by atoms with Crippen molar-refractivity contribution in [2.75, 3.05) is 26.2 Å². The summed E-state index contributed by atoms with van der Waals surface area (Å²) >= 11 is 0. The molecule has 1 aromatic carbocycles. The molecule has 1 fully saturated rings. The van der Waals surface area contributed by atoms with E-state index in [-0.39, 0.29) is 12.6 Å². The Morgan fingerprint density at radius 2 is 2.00 bits per heavy atom. The Morgan fingerprint density at radius 1 is 1.30 bits per heavy atom. The van der Waals surface area contributed by atoms with Crippen LogP contribution >= 0.6 is 0 Å². The van der Waals surface area contributed by atoms with E-state index in [2.05, 4.69) is 28.3 Å². The third-order valence-corrected chi connectivity index (χ3v) is 3.92. The van der Waals surface area contributed by atoms with Gasteiger partial charge in [-0.3, -0.25) is 4.90 Å². The van der Waals surface area contributed by atoms with Crippen molar-refractivity contribution >= 4 is 0 Å². The highest BCUT2D eigenvalue weighted by atomic mass is 16.3. The topological polar surface area (TPSA) is 35.5 Å². The average molecular weight is 272 g/mol. The van der Waals surface area contributed by atoms with E-state index in [4.69, 9.17) is 6.42 Å². The van der Waals surface area contributed by atoms with Crippen LogP contribution in [0.15, 0.2) is 30.3 Å². The maximum absolute atomic E-state index is 9.55. The van der Waals surface area contributed by atoms with Crippen molar-refractivity contribution in [1.29, 1.82) is 0 Å². The molecule has 1 saturated heterocycles. The number of aliphatic hydroxyl groups is 1. The molecule has 2 N–H and O–H groups in total. The van der Waals surface area contributed by atoms with Crippen LogP contribution in [-0.4, -0.2) is 48.3 Å². The fourth-order valence-electron chi connectivity index (χ4n) is 2.79. The molecule has 3 heteroatoms. The highest BCUT2D eigenvalue weighted by Gasteiger charge is 2.21. The van der Waals surface area contributed by atoms with Crippen LogP contribution in [0.1, 0.15) is 18.4 Å². The molecule has 0 unspecified atom stereocenters. The van der Waals surface area contributed by atoms with Gasteiger partial charge in [-0.2, -0.15) is 0 Å². The van der Waals surface area contributed by atoms with Gasteiger partial charge in [0, 0.05) is 25.2 Å². The Morgan fingerprint density at radius 3 is 2.60 bits per heavy atom. The lowest BCUT2D eigenvalue weighted by atomic mass is 10.0. The van der Waals surface area contributed by atoms with Crippen molar-refractivity contribution in [3.63, 3.8) is 0 Å². The zero-order valence-electron chi connectivity index (χ0n) is 12.0. The van der Waals surface area contributed by atoms with Crippen LogP contribution in [0.3, 0.4) is 0 Å². The summed E-state index contributed by atoms with van der Waals surface area (Å²) in [4.78, 5) is 2.31. The zero-order valence-corrected chi connectivity index (χ0v) is 12.0. The predicted molar refractivity (Wildman–Crippen MR) is 82.5 cm³/mol. The second-order valence-electron chi connectivity index (χ2n) is 5.49. The fourth-order valence-corrected chi connectivity index (χ4v) is 2.79. The number of hydrogen-bond donors (Lipinski definition) is 2. The molecule has 0 aliphatic carbocycles. The summed E-state index contributed by atoms with van der Waals surface area (Å²) in [6, 6.07) is 11.0. The van der Waals surface area contributed by atoms with E-state index in [1.54, 1.807) is 0 Å². The van der Waals surface area contributed by atoms with Crippen LogP contribution in [-0.2, 0) is 6.42 Å². The predicted octanol–water partition coefficient (Wildman–Crippen LogP) is 1.28. The first-order valence-corrected chi connectivity index (χ1v) is 7.38. The number of terminal acetylenes is 1. The lowest BCUT2D eigenvalue weighted by Gasteiger charge is -2.33. The Balaban J connectivity index is 1.78. The minimum absolute atomic E-state index is 0.140. The molecule has 1 heterocycles. The number of benzene rings is 1. The van der Waals surface area contributed by atoms with Gasteiger partial charge in [-0.05, 0) is 24.8 Å². The van der Waals surface area contributed by atoms with Gasteiger partial charge in [-0.1, -0.05) is 36.3 Å². The first-order valence-electron chi connectivity index (χ1n) is 7.38. The van der Waals surface area contributed by atoms with Crippen molar-refractivity contribution in [3.8, 4) is 12.3 Å². The fraction of sp³-hybridized carbons (Fsp3) is 0.529. The van der Waals surface area contributed by atoms with Crippen molar-refractivity contribution < 1.29 is 5.11 Å². The first kappa shape index (κ1) is 15.1. The van der Waals surface area contributed by atoms with Crippen LogP contribution in [0.4, 0.5) is 0 Å². The summed E-state index contributed by atoms with van der Waals surface area (Å²) in [6.07, 6.45) is 8.43. The lowest BCUT2D eigenvalue weighted by molar-refractivity contribution is 0.182. The Kier molecular flexibility index (Phi) is 6.07. The summed E-state index contributed by atoms with van der Waals surface area (Å²) in [6.45, 7) is 3.02. The highest BCUT2D eigenvalue weighted by Crippen LogP contribution is 2.12. The Bertz CT molecular complexity index is 418. The van der Waals surface area contributed by atoms with Gasteiger partial charge >= 0.3 is 0 Å². The van der Waals surface area contributed by atoms with E-state index < -0.39 is 0 Å².